The van der Waals surface area contributed by atoms with E-state index in [0.717, 1.165) is 19.8 Å². The zero-order valence-corrected chi connectivity index (χ0v) is 14.6. The van der Waals surface area contributed by atoms with Gasteiger partial charge in [-0.05, 0) is 34.1 Å². The topological polar surface area (TPSA) is 59.8 Å². The van der Waals surface area contributed by atoms with Crippen LogP contribution in [0.2, 0.25) is 0 Å². The molecule has 0 saturated carbocycles. The molecule has 0 bridgehead atoms. The van der Waals surface area contributed by atoms with Gasteiger partial charge in [-0.1, -0.05) is 22.0 Å². The molecule has 0 radical (unpaired) electrons. The van der Waals surface area contributed by atoms with E-state index in [0.29, 0.717) is 18.7 Å². The fourth-order valence-electron chi connectivity index (χ4n) is 2.13. The molecule has 0 spiro atoms. The normalized spacial score (nSPS) is 10.8. The Hall–Kier alpha value is -1.73. The van der Waals surface area contributed by atoms with Gasteiger partial charge in [0, 0.05) is 35.2 Å². The minimum atomic E-state index is -0.0686. The van der Waals surface area contributed by atoms with E-state index in [4.69, 9.17) is 0 Å². The van der Waals surface area contributed by atoms with Crippen LogP contribution in [-0.4, -0.2) is 20.7 Å². The Labute approximate surface area is 144 Å². The molecule has 7 heteroatoms. The summed E-state index contributed by atoms with van der Waals surface area (Å²) >= 11 is 6.82. The van der Waals surface area contributed by atoms with Crippen molar-refractivity contribution in [2.45, 2.75) is 13.0 Å². The Bertz CT molecular complexity index is 831. The van der Waals surface area contributed by atoms with Gasteiger partial charge >= 0.3 is 0 Å². The Morgan fingerprint density at radius 1 is 1.27 bits per heavy atom. The summed E-state index contributed by atoms with van der Waals surface area (Å²) in [6, 6.07) is 7.59. The van der Waals surface area contributed by atoms with Gasteiger partial charge in [0.1, 0.15) is 0 Å². The number of aromatic nitrogens is 3. The van der Waals surface area contributed by atoms with Gasteiger partial charge in [0.25, 0.3) is 0 Å². The molecule has 0 aliphatic carbocycles. The van der Waals surface area contributed by atoms with E-state index in [9.17, 15) is 4.79 Å². The first-order chi connectivity index (χ1) is 10.6. The molecule has 1 aromatic carbocycles. The predicted octanol–water partition coefficient (Wildman–Crippen LogP) is 3.99. The third-order valence-electron chi connectivity index (χ3n) is 3.16. The number of rotatable bonds is 4. The third kappa shape index (κ3) is 3.36. The largest absolute Gasteiger partial charge is 0.324 e. The Balaban J connectivity index is 1.73. The number of anilines is 1. The first-order valence-corrected chi connectivity index (χ1v) is 8.23. The van der Waals surface area contributed by atoms with Crippen molar-refractivity contribution in [3.8, 4) is 0 Å². The summed E-state index contributed by atoms with van der Waals surface area (Å²) in [5.41, 5.74) is 1.48. The first-order valence-electron chi connectivity index (χ1n) is 6.64. The van der Waals surface area contributed by atoms with Gasteiger partial charge in [0.15, 0.2) is 0 Å². The van der Waals surface area contributed by atoms with E-state index in [1.54, 1.807) is 17.1 Å². The average Bonchev–Trinajstić information content (AvgIpc) is 2.94. The summed E-state index contributed by atoms with van der Waals surface area (Å²) in [7, 11) is 0. The van der Waals surface area contributed by atoms with Crippen LogP contribution in [0.1, 0.15) is 6.42 Å². The fraction of sp³-hybridized carbons (Fsp3) is 0.133. The number of amides is 1. The number of carbonyl (C=O) groups is 1. The lowest BCUT2D eigenvalue weighted by atomic mass is 10.2. The summed E-state index contributed by atoms with van der Waals surface area (Å²) in [6.45, 7) is 0.527. The molecule has 5 nitrogen and oxygen atoms in total. The number of halogens is 2. The number of fused-ring (bicyclic) bond motifs is 1. The molecular formula is C15H12Br2N4O. The van der Waals surface area contributed by atoms with Crippen molar-refractivity contribution in [1.82, 2.24) is 14.8 Å². The van der Waals surface area contributed by atoms with Crippen LogP contribution < -0.4 is 5.32 Å². The smallest absolute Gasteiger partial charge is 0.226 e. The van der Waals surface area contributed by atoms with Gasteiger partial charge in [-0.3, -0.25) is 14.5 Å². The second kappa shape index (κ2) is 6.58. The third-order valence-corrected chi connectivity index (χ3v) is 4.26. The maximum absolute atomic E-state index is 12.1. The lowest BCUT2D eigenvalue weighted by molar-refractivity contribution is -0.116. The molecule has 1 amide bonds. The summed E-state index contributed by atoms with van der Waals surface area (Å²) in [4.78, 5) is 16.5. The highest BCUT2D eigenvalue weighted by Gasteiger charge is 2.09. The number of hydrogen-bond acceptors (Lipinski definition) is 3. The van der Waals surface area contributed by atoms with Crippen LogP contribution in [0.15, 0.2) is 51.8 Å². The number of aryl methyl sites for hydroxylation is 1. The highest BCUT2D eigenvalue weighted by molar-refractivity contribution is 9.11. The number of hydrogen-bond donors (Lipinski definition) is 1. The molecule has 0 unspecified atom stereocenters. The molecule has 2 aromatic heterocycles. The second-order valence-electron chi connectivity index (χ2n) is 4.71. The molecule has 3 aromatic rings. The predicted molar refractivity (Wildman–Crippen MR) is 92.6 cm³/mol. The van der Waals surface area contributed by atoms with E-state index in [2.05, 4.69) is 47.3 Å². The second-order valence-corrected chi connectivity index (χ2v) is 6.48. The van der Waals surface area contributed by atoms with Gasteiger partial charge in [0.05, 0.1) is 21.9 Å². The molecular weight excluding hydrogens is 412 g/mol. The van der Waals surface area contributed by atoms with Gasteiger partial charge in [-0.25, -0.2) is 0 Å². The van der Waals surface area contributed by atoms with Gasteiger partial charge < -0.3 is 5.32 Å². The van der Waals surface area contributed by atoms with E-state index < -0.39 is 0 Å². The van der Waals surface area contributed by atoms with Crippen molar-refractivity contribution in [3.05, 3.63) is 51.8 Å². The van der Waals surface area contributed by atoms with Crippen LogP contribution in [0.3, 0.4) is 0 Å². The van der Waals surface area contributed by atoms with E-state index >= 15 is 0 Å². The quantitative estimate of drug-likeness (QED) is 0.690. The van der Waals surface area contributed by atoms with Crippen LogP contribution in [0, 0.1) is 0 Å². The lowest BCUT2D eigenvalue weighted by Crippen LogP contribution is -2.15. The van der Waals surface area contributed by atoms with Crippen molar-refractivity contribution in [1.29, 1.82) is 0 Å². The molecule has 0 saturated heterocycles. The Morgan fingerprint density at radius 2 is 2.14 bits per heavy atom. The zero-order chi connectivity index (χ0) is 15.5. The zero-order valence-electron chi connectivity index (χ0n) is 11.5. The molecule has 3 rings (SSSR count). The lowest BCUT2D eigenvalue weighted by Gasteiger charge is -2.09. The summed E-state index contributed by atoms with van der Waals surface area (Å²) in [5, 5.41) is 8.01. The van der Waals surface area contributed by atoms with Crippen LogP contribution >= 0.6 is 31.9 Å². The molecule has 1 N–H and O–H groups in total. The maximum Gasteiger partial charge on any atom is 0.226 e. The van der Waals surface area contributed by atoms with Crippen LogP contribution in [0.25, 0.3) is 10.9 Å². The first kappa shape index (κ1) is 15.2. The van der Waals surface area contributed by atoms with E-state index in [1.165, 1.54) is 0 Å². The summed E-state index contributed by atoms with van der Waals surface area (Å²) < 4.78 is 3.58. The van der Waals surface area contributed by atoms with Crippen molar-refractivity contribution in [2.24, 2.45) is 0 Å². The molecule has 0 fully saturated rings. The minimum Gasteiger partial charge on any atom is -0.324 e. The van der Waals surface area contributed by atoms with Crippen molar-refractivity contribution < 1.29 is 4.79 Å². The number of pyridine rings is 1. The monoisotopic (exact) mass is 422 g/mol. The molecule has 0 atom stereocenters. The van der Waals surface area contributed by atoms with Crippen molar-refractivity contribution in [3.63, 3.8) is 0 Å². The standard InChI is InChI=1S/C15H12Br2N4O/c16-10-8-19-21(9-10)7-5-14(22)20-13-4-3-12(17)11-2-1-6-18-15(11)13/h1-4,6,8-9H,5,7H2,(H,20,22). The van der Waals surface area contributed by atoms with E-state index in [-0.39, 0.29) is 5.91 Å². The molecule has 0 aliphatic rings. The van der Waals surface area contributed by atoms with Crippen LogP contribution in [0.4, 0.5) is 5.69 Å². The van der Waals surface area contributed by atoms with Crippen LogP contribution in [0.5, 0.6) is 0 Å². The molecule has 2 heterocycles. The van der Waals surface area contributed by atoms with Crippen molar-refractivity contribution >= 4 is 54.4 Å². The minimum absolute atomic E-state index is 0.0686. The Morgan fingerprint density at radius 3 is 2.91 bits per heavy atom. The molecule has 112 valence electrons. The van der Waals surface area contributed by atoms with E-state index in [1.807, 2.05) is 30.5 Å². The number of benzene rings is 1. The fourth-order valence-corrected chi connectivity index (χ4v) is 2.91. The maximum atomic E-state index is 12.1. The van der Waals surface area contributed by atoms with Gasteiger partial charge in [-0.15, -0.1) is 0 Å². The average molecular weight is 424 g/mol. The summed E-state index contributed by atoms with van der Waals surface area (Å²) in [5.74, 6) is -0.0686. The molecule has 22 heavy (non-hydrogen) atoms. The number of carbonyl (C=O) groups excluding carboxylic acids is 1. The van der Waals surface area contributed by atoms with Crippen molar-refractivity contribution in [2.75, 3.05) is 5.32 Å². The SMILES string of the molecule is O=C(CCn1cc(Br)cn1)Nc1ccc(Br)c2cccnc12. The molecule has 0 aliphatic heterocycles. The van der Waals surface area contributed by atoms with Gasteiger partial charge in [0.2, 0.25) is 5.91 Å². The highest BCUT2D eigenvalue weighted by Crippen LogP contribution is 2.28. The highest BCUT2D eigenvalue weighted by atomic mass is 79.9. The van der Waals surface area contributed by atoms with Gasteiger partial charge in [-0.2, -0.15) is 5.10 Å². The van der Waals surface area contributed by atoms with Crippen LogP contribution in [-0.2, 0) is 11.3 Å². The summed E-state index contributed by atoms with van der Waals surface area (Å²) in [6.07, 6.45) is 5.60. The Kier molecular flexibility index (Phi) is 4.54. The number of nitrogens with one attached hydrogen (secondary N) is 1. The number of nitrogens with zero attached hydrogens (tertiary/aromatic N) is 3.